The van der Waals surface area contributed by atoms with Crippen molar-refractivity contribution in [3.63, 3.8) is 0 Å². The Hall–Kier alpha value is -0.630. The van der Waals surface area contributed by atoms with E-state index < -0.39 is 0 Å². The number of hydrogen-bond acceptors (Lipinski definition) is 3. The van der Waals surface area contributed by atoms with Gasteiger partial charge in [0.2, 0.25) is 0 Å². The van der Waals surface area contributed by atoms with Crippen LogP contribution >= 0.6 is 35.7 Å². The van der Waals surface area contributed by atoms with Crippen LogP contribution in [-0.2, 0) is 6.42 Å². The third-order valence-electron chi connectivity index (χ3n) is 3.91. The van der Waals surface area contributed by atoms with Crippen LogP contribution in [0.3, 0.4) is 0 Å². The number of methoxy groups -OCH3 is 1. The molecule has 1 fully saturated rings. The van der Waals surface area contributed by atoms with Gasteiger partial charge in [0.15, 0.2) is 5.96 Å². The second-order valence-electron chi connectivity index (χ2n) is 5.73. The van der Waals surface area contributed by atoms with Crippen molar-refractivity contribution in [1.82, 2.24) is 10.6 Å². The number of benzene rings is 1. The summed E-state index contributed by atoms with van der Waals surface area (Å²) in [6.45, 7) is 4.88. The molecular formula is C18H30IN3OS. The van der Waals surface area contributed by atoms with E-state index in [-0.39, 0.29) is 24.0 Å². The Labute approximate surface area is 167 Å². The van der Waals surface area contributed by atoms with Crippen LogP contribution in [0.25, 0.3) is 0 Å². The van der Waals surface area contributed by atoms with E-state index in [1.54, 1.807) is 7.11 Å². The molecule has 0 amide bonds. The molecule has 1 aromatic carbocycles. The molecule has 0 spiro atoms. The molecule has 1 unspecified atom stereocenters. The van der Waals surface area contributed by atoms with Crippen molar-refractivity contribution in [2.45, 2.75) is 37.9 Å². The minimum atomic E-state index is 0. The van der Waals surface area contributed by atoms with Crippen LogP contribution < -0.4 is 15.4 Å². The molecule has 6 heteroatoms. The Balaban J connectivity index is 0.00000288. The average Bonchev–Trinajstić information content (AvgIpc) is 3.10. The van der Waals surface area contributed by atoms with Crippen LogP contribution in [0.4, 0.5) is 0 Å². The summed E-state index contributed by atoms with van der Waals surface area (Å²) in [5.41, 5.74) is 1.34. The summed E-state index contributed by atoms with van der Waals surface area (Å²) in [7, 11) is 1.70. The minimum absolute atomic E-state index is 0. The van der Waals surface area contributed by atoms with Gasteiger partial charge in [-0.1, -0.05) is 12.1 Å². The van der Waals surface area contributed by atoms with Crippen LogP contribution in [0.15, 0.2) is 29.3 Å². The Morgan fingerprint density at radius 3 is 2.71 bits per heavy atom. The fraction of sp³-hybridized carbons (Fsp3) is 0.611. The monoisotopic (exact) mass is 463 g/mol. The zero-order valence-electron chi connectivity index (χ0n) is 14.7. The molecule has 0 radical (unpaired) electrons. The number of guanidine groups is 1. The normalized spacial score (nSPS) is 17.2. The van der Waals surface area contributed by atoms with E-state index in [9.17, 15) is 0 Å². The average molecular weight is 463 g/mol. The van der Waals surface area contributed by atoms with Crippen molar-refractivity contribution in [2.24, 2.45) is 4.99 Å². The highest BCUT2D eigenvalue weighted by Gasteiger charge is 2.14. The largest absolute Gasteiger partial charge is 0.497 e. The summed E-state index contributed by atoms with van der Waals surface area (Å²) in [5.74, 6) is 3.17. The van der Waals surface area contributed by atoms with E-state index >= 15 is 0 Å². The minimum Gasteiger partial charge on any atom is -0.497 e. The lowest BCUT2D eigenvalue weighted by Gasteiger charge is -2.12. The standard InChI is InChI=1S/C18H29N3OS.HI/c1-3-19-18(21-14-17-7-5-13-23-17)20-12-4-6-15-8-10-16(22-2)11-9-15;/h8-11,17H,3-7,12-14H2,1-2H3,(H2,19,20,21);1H. The highest BCUT2D eigenvalue weighted by atomic mass is 127. The second-order valence-corrected chi connectivity index (χ2v) is 7.14. The van der Waals surface area contributed by atoms with Gasteiger partial charge in [-0.15, -0.1) is 24.0 Å². The lowest BCUT2D eigenvalue weighted by Crippen LogP contribution is -2.38. The molecule has 0 bridgehead atoms. The van der Waals surface area contributed by atoms with Gasteiger partial charge < -0.3 is 15.4 Å². The first-order chi connectivity index (χ1) is 11.3. The van der Waals surface area contributed by atoms with Crippen molar-refractivity contribution in [3.8, 4) is 5.75 Å². The first kappa shape index (κ1) is 21.4. The third kappa shape index (κ3) is 7.96. The fourth-order valence-electron chi connectivity index (χ4n) is 2.61. The highest BCUT2D eigenvalue weighted by molar-refractivity contribution is 14.0. The van der Waals surface area contributed by atoms with Crippen LogP contribution in [0.2, 0.25) is 0 Å². The predicted octanol–water partition coefficient (Wildman–Crippen LogP) is 3.70. The van der Waals surface area contributed by atoms with Gasteiger partial charge in [-0.25, -0.2) is 0 Å². The van der Waals surface area contributed by atoms with E-state index in [1.807, 2.05) is 12.1 Å². The number of halogens is 1. The van der Waals surface area contributed by atoms with Gasteiger partial charge in [0.1, 0.15) is 5.75 Å². The molecule has 4 nitrogen and oxygen atoms in total. The lowest BCUT2D eigenvalue weighted by molar-refractivity contribution is 0.414. The number of aliphatic imine (C=N–C) groups is 1. The Kier molecular flexibility index (Phi) is 11.3. The maximum atomic E-state index is 5.18. The fourth-order valence-corrected chi connectivity index (χ4v) is 3.79. The first-order valence-corrected chi connectivity index (χ1v) is 9.63. The molecule has 2 rings (SSSR count). The van der Waals surface area contributed by atoms with Crippen molar-refractivity contribution < 1.29 is 4.74 Å². The highest BCUT2D eigenvalue weighted by Crippen LogP contribution is 2.25. The molecule has 0 aromatic heterocycles. The quantitative estimate of drug-likeness (QED) is 0.267. The van der Waals surface area contributed by atoms with Crippen molar-refractivity contribution in [1.29, 1.82) is 0 Å². The SMILES string of the molecule is CCNC(=NCC1CCCS1)NCCCc1ccc(OC)cc1.I. The van der Waals surface area contributed by atoms with Crippen molar-refractivity contribution in [2.75, 3.05) is 32.5 Å². The molecule has 1 aliphatic rings. The maximum absolute atomic E-state index is 5.18. The van der Waals surface area contributed by atoms with Gasteiger partial charge in [0.05, 0.1) is 13.7 Å². The van der Waals surface area contributed by atoms with Gasteiger partial charge in [-0.05, 0) is 56.1 Å². The molecule has 1 aromatic rings. The zero-order valence-corrected chi connectivity index (χ0v) is 17.9. The molecule has 2 N–H and O–H groups in total. The molecule has 1 heterocycles. The Bertz CT molecular complexity index is 476. The molecule has 1 aliphatic heterocycles. The number of nitrogens with zero attached hydrogens (tertiary/aromatic N) is 1. The van der Waals surface area contributed by atoms with Crippen LogP contribution in [0, 0.1) is 0 Å². The summed E-state index contributed by atoms with van der Waals surface area (Å²) in [4.78, 5) is 4.72. The van der Waals surface area contributed by atoms with E-state index in [4.69, 9.17) is 9.73 Å². The second kappa shape index (κ2) is 12.7. The molecule has 1 saturated heterocycles. The van der Waals surface area contributed by atoms with Gasteiger partial charge in [-0.3, -0.25) is 4.99 Å². The van der Waals surface area contributed by atoms with Crippen LogP contribution in [0.1, 0.15) is 31.7 Å². The van der Waals surface area contributed by atoms with E-state index in [2.05, 4.69) is 41.5 Å². The molecule has 0 aliphatic carbocycles. The van der Waals surface area contributed by atoms with Gasteiger partial charge in [0.25, 0.3) is 0 Å². The summed E-state index contributed by atoms with van der Waals surface area (Å²) in [6, 6.07) is 8.31. The summed E-state index contributed by atoms with van der Waals surface area (Å²) < 4.78 is 5.18. The van der Waals surface area contributed by atoms with Crippen molar-refractivity contribution in [3.05, 3.63) is 29.8 Å². The van der Waals surface area contributed by atoms with Crippen LogP contribution in [-0.4, -0.2) is 43.7 Å². The number of hydrogen-bond donors (Lipinski definition) is 2. The first-order valence-electron chi connectivity index (χ1n) is 8.58. The van der Waals surface area contributed by atoms with E-state index in [1.165, 1.54) is 24.2 Å². The van der Waals surface area contributed by atoms with E-state index in [0.717, 1.165) is 44.2 Å². The van der Waals surface area contributed by atoms with Crippen LogP contribution in [0.5, 0.6) is 5.75 Å². The Morgan fingerprint density at radius 1 is 1.29 bits per heavy atom. The molecular weight excluding hydrogens is 433 g/mol. The Morgan fingerprint density at radius 2 is 2.08 bits per heavy atom. The number of aryl methyl sites for hydroxylation is 1. The topological polar surface area (TPSA) is 45.7 Å². The molecule has 1 atom stereocenters. The predicted molar refractivity (Wildman–Crippen MR) is 116 cm³/mol. The van der Waals surface area contributed by atoms with Gasteiger partial charge in [0, 0.05) is 18.3 Å². The number of ether oxygens (including phenoxy) is 1. The van der Waals surface area contributed by atoms with Gasteiger partial charge in [-0.2, -0.15) is 11.8 Å². The van der Waals surface area contributed by atoms with Crippen molar-refractivity contribution >= 4 is 41.7 Å². The molecule has 0 saturated carbocycles. The number of thioether (sulfide) groups is 1. The van der Waals surface area contributed by atoms with E-state index in [0.29, 0.717) is 5.25 Å². The van der Waals surface area contributed by atoms with Gasteiger partial charge >= 0.3 is 0 Å². The summed E-state index contributed by atoms with van der Waals surface area (Å²) >= 11 is 2.06. The molecule has 24 heavy (non-hydrogen) atoms. The zero-order chi connectivity index (χ0) is 16.3. The summed E-state index contributed by atoms with van der Waals surface area (Å²) in [6.07, 6.45) is 4.81. The summed E-state index contributed by atoms with van der Waals surface area (Å²) in [5, 5.41) is 7.49. The molecule has 136 valence electrons. The smallest absolute Gasteiger partial charge is 0.191 e. The maximum Gasteiger partial charge on any atom is 0.191 e. The number of nitrogens with one attached hydrogen (secondary N) is 2. The third-order valence-corrected chi connectivity index (χ3v) is 5.30. The lowest BCUT2D eigenvalue weighted by atomic mass is 10.1. The number of rotatable bonds is 8.